The monoisotopic (exact) mass is 355 g/mol. The first-order chi connectivity index (χ1) is 9.93. The first-order valence-corrected chi connectivity index (χ1v) is 7.25. The van der Waals surface area contributed by atoms with Crippen molar-refractivity contribution in [3.05, 3.63) is 63.1 Å². The van der Waals surface area contributed by atoms with E-state index < -0.39 is 17.7 Å². The van der Waals surface area contributed by atoms with Gasteiger partial charge in [0.15, 0.2) is 11.6 Å². The Morgan fingerprint density at radius 3 is 2.62 bits per heavy atom. The maximum atomic E-state index is 13.6. The van der Waals surface area contributed by atoms with E-state index in [9.17, 15) is 8.78 Å². The van der Waals surface area contributed by atoms with Gasteiger partial charge in [-0.25, -0.2) is 8.78 Å². The van der Waals surface area contributed by atoms with E-state index in [2.05, 4.69) is 15.9 Å². The van der Waals surface area contributed by atoms with Gasteiger partial charge in [0.2, 0.25) is 0 Å². The minimum absolute atomic E-state index is 0.0709. The van der Waals surface area contributed by atoms with Gasteiger partial charge in [0.1, 0.15) is 5.75 Å². The average Bonchev–Trinajstić information content (AvgIpc) is 2.45. The second-order valence-corrected chi connectivity index (χ2v) is 5.68. The van der Waals surface area contributed by atoms with Gasteiger partial charge in [-0.05, 0) is 52.5 Å². The SMILES string of the molecule is COc1ccc(C)cc1CC(N)c1ccc(F)c(F)c1Br. The van der Waals surface area contributed by atoms with Gasteiger partial charge in [-0.3, -0.25) is 0 Å². The Kier molecular flexibility index (Phi) is 4.96. The van der Waals surface area contributed by atoms with Crippen molar-refractivity contribution in [1.82, 2.24) is 0 Å². The van der Waals surface area contributed by atoms with Crippen molar-refractivity contribution < 1.29 is 13.5 Å². The van der Waals surface area contributed by atoms with Crippen molar-refractivity contribution in [2.24, 2.45) is 5.73 Å². The molecule has 0 aliphatic heterocycles. The predicted octanol–water partition coefficient (Wildman–Crippen LogP) is 4.29. The largest absolute Gasteiger partial charge is 0.496 e. The molecule has 0 bridgehead atoms. The summed E-state index contributed by atoms with van der Waals surface area (Å²) in [6.45, 7) is 1.97. The molecule has 2 N–H and O–H groups in total. The van der Waals surface area contributed by atoms with Crippen LogP contribution in [0, 0.1) is 18.6 Å². The third-order valence-electron chi connectivity index (χ3n) is 3.34. The van der Waals surface area contributed by atoms with Crippen molar-refractivity contribution in [3.63, 3.8) is 0 Å². The van der Waals surface area contributed by atoms with Crippen LogP contribution in [0.3, 0.4) is 0 Å². The average molecular weight is 356 g/mol. The number of nitrogens with two attached hydrogens (primary N) is 1. The lowest BCUT2D eigenvalue weighted by molar-refractivity contribution is 0.408. The second-order valence-electron chi connectivity index (χ2n) is 4.89. The Bertz CT molecular complexity index is 661. The topological polar surface area (TPSA) is 35.2 Å². The van der Waals surface area contributed by atoms with Crippen LogP contribution in [0.1, 0.15) is 22.7 Å². The molecular formula is C16H16BrF2NO. The van der Waals surface area contributed by atoms with Crippen molar-refractivity contribution in [3.8, 4) is 5.75 Å². The predicted molar refractivity (Wildman–Crippen MR) is 82.4 cm³/mol. The zero-order valence-electron chi connectivity index (χ0n) is 11.8. The Hall–Kier alpha value is -1.46. The lowest BCUT2D eigenvalue weighted by atomic mass is 9.97. The second kappa shape index (κ2) is 6.54. The van der Waals surface area contributed by atoms with E-state index in [0.29, 0.717) is 12.0 Å². The molecule has 0 heterocycles. The summed E-state index contributed by atoms with van der Waals surface area (Å²) in [5, 5.41) is 0. The molecule has 0 aromatic heterocycles. The number of benzene rings is 2. The highest BCUT2D eigenvalue weighted by atomic mass is 79.9. The van der Waals surface area contributed by atoms with Crippen molar-refractivity contribution in [2.45, 2.75) is 19.4 Å². The Labute approximate surface area is 131 Å². The first kappa shape index (κ1) is 15.9. The van der Waals surface area contributed by atoms with Gasteiger partial charge in [-0.2, -0.15) is 0 Å². The Balaban J connectivity index is 2.32. The summed E-state index contributed by atoms with van der Waals surface area (Å²) in [6, 6.07) is 7.91. The van der Waals surface area contributed by atoms with Crippen molar-refractivity contribution in [1.29, 1.82) is 0 Å². The lowest BCUT2D eigenvalue weighted by Gasteiger charge is -2.17. The maximum absolute atomic E-state index is 13.6. The number of aryl methyl sites for hydroxylation is 1. The number of hydrogen-bond acceptors (Lipinski definition) is 2. The third-order valence-corrected chi connectivity index (χ3v) is 4.15. The number of hydrogen-bond donors (Lipinski definition) is 1. The minimum Gasteiger partial charge on any atom is -0.496 e. The van der Waals surface area contributed by atoms with E-state index in [1.165, 1.54) is 6.07 Å². The molecule has 2 aromatic rings. The smallest absolute Gasteiger partial charge is 0.173 e. The van der Waals surface area contributed by atoms with Crippen LogP contribution in [0.25, 0.3) is 0 Å². The zero-order valence-corrected chi connectivity index (χ0v) is 13.4. The summed E-state index contributed by atoms with van der Waals surface area (Å²) in [4.78, 5) is 0. The lowest BCUT2D eigenvalue weighted by Crippen LogP contribution is -2.15. The molecule has 0 spiro atoms. The van der Waals surface area contributed by atoms with E-state index in [0.717, 1.165) is 22.9 Å². The first-order valence-electron chi connectivity index (χ1n) is 6.46. The Morgan fingerprint density at radius 1 is 1.24 bits per heavy atom. The van der Waals surface area contributed by atoms with Crippen LogP contribution in [0.4, 0.5) is 8.78 Å². The zero-order chi connectivity index (χ0) is 15.6. The summed E-state index contributed by atoms with van der Waals surface area (Å²) in [6.07, 6.45) is 0.467. The fourth-order valence-corrected chi connectivity index (χ4v) is 2.86. The molecule has 5 heteroatoms. The molecule has 2 nitrogen and oxygen atoms in total. The fraction of sp³-hybridized carbons (Fsp3) is 0.250. The van der Waals surface area contributed by atoms with Crippen LogP contribution in [0.15, 0.2) is 34.8 Å². The van der Waals surface area contributed by atoms with E-state index in [-0.39, 0.29) is 4.47 Å². The fourth-order valence-electron chi connectivity index (χ4n) is 2.24. The van der Waals surface area contributed by atoms with Crippen LogP contribution in [-0.2, 0) is 6.42 Å². The number of ether oxygens (including phenoxy) is 1. The quantitative estimate of drug-likeness (QED) is 0.830. The third kappa shape index (κ3) is 3.41. The van der Waals surface area contributed by atoms with Gasteiger partial charge in [0.25, 0.3) is 0 Å². The normalized spacial score (nSPS) is 12.3. The highest BCUT2D eigenvalue weighted by molar-refractivity contribution is 9.10. The molecule has 0 saturated carbocycles. The highest BCUT2D eigenvalue weighted by Crippen LogP contribution is 2.30. The van der Waals surface area contributed by atoms with Crippen LogP contribution in [-0.4, -0.2) is 7.11 Å². The van der Waals surface area contributed by atoms with Crippen molar-refractivity contribution >= 4 is 15.9 Å². The molecule has 112 valence electrons. The van der Waals surface area contributed by atoms with Gasteiger partial charge in [-0.1, -0.05) is 23.8 Å². The summed E-state index contributed by atoms with van der Waals surface area (Å²) in [5.41, 5.74) is 8.69. The van der Waals surface area contributed by atoms with Crippen LogP contribution in [0.2, 0.25) is 0 Å². The molecule has 0 amide bonds. The molecule has 0 aliphatic rings. The van der Waals surface area contributed by atoms with E-state index >= 15 is 0 Å². The van der Waals surface area contributed by atoms with E-state index in [1.807, 2.05) is 25.1 Å². The number of rotatable bonds is 4. The number of halogens is 3. The summed E-state index contributed by atoms with van der Waals surface area (Å²) in [7, 11) is 1.59. The maximum Gasteiger partial charge on any atom is 0.173 e. The molecular weight excluding hydrogens is 340 g/mol. The molecule has 0 saturated heterocycles. The standard InChI is InChI=1S/C16H16BrF2NO/c1-9-3-6-14(21-2)10(7-9)8-13(20)11-4-5-12(18)16(19)15(11)17/h3-7,13H,8,20H2,1-2H3. The highest BCUT2D eigenvalue weighted by Gasteiger charge is 2.18. The summed E-state index contributed by atoms with van der Waals surface area (Å²) < 4.78 is 32.1. The van der Waals surface area contributed by atoms with Gasteiger partial charge < -0.3 is 10.5 Å². The molecule has 2 aromatic carbocycles. The molecule has 0 fully saturated rings. The van der Waals surface area contributed by atoms with Gasteiger partial charge in [0.05, 0.1) is 11.6 Å². The molecule has 0 aliphatic carbocycles. The van der Waals surface area contributed by atoms with Crippen LogP contribution in [0.5, 0.6) is 5.75 Å². The van der Waals surface area contributed by atoms with Crippen LogP contribution >= 0.6 is 15.9 Å². The molecule has 2 rings (SSSR count). The minimum atomic E-state index is -0.917. The van der Waals surface area contributed by atoms with Crippen LogP contribution < -0.4 is 10.5 Å². The molecule has 1 unspecified atom stereocenters. The van der Waals surface area contributed by atoms with Gasteiger partial charge >= 0.3 is 0 Å². The number of methoxy groups -OCH3 is 1. The Morgan fingerprint density at radius 2 is 1.95 bits per heavy atom. The van der Waals surface area contributed by atoms with E-state index in [4.69, 9.17) is 10.5 Å². The molecule has 21 heavy (non-hydrogen) atoms. The van der Waals surface area contributed by atoms with Gasteiger partial charge in [0, 0.05) is 6.04 Å². The van der Waals surface area contributed by atoms with Crippen molar-refractivity contribution in [2.75, 3.05) is 7.11 Å². The molecule has 1 atom stereocenters. The van der Waals surface area contributed by atoms with E-state index in [1.54, 1.807) is 7.11 Å². The van der Waals surface area contributed by atoms with Gasteiger partial charge in [-0.15, -0.1) is 0 Å². The molecule has 0 radical (unpaired) electrons. The summed E-state index contributed by atoms with van der Waals surface area (Å²) in [5.74, 6) is -1.08. The summed E-state index contributed by atoms with van der Waals surface area (Å²) >= 11 is 3.07.